The molecule has 1 aliphatic rings. The molecule has 0 saturated heterocycles. The number of carbonyl (C=O) groups excluding carboxylic acids is 1. The van der Waals surface area contributed by atoms with E-state index >= 15 is 0 Å². The molecule has 12 heteroatoms. The molecule has 0 aliphatic carbocycles. The van der Waals surface area contributed by atoms with Crippen LogP contribution in [0.5, 0.6) is 0 Å². The molecule has 3 aromatic rings. The number of anilines is 1. The molecule has 0 saturated carbocycles. The summed E-state index contributed by atoms with van der Waals surface area (Å²) in [7, 11) is -1.24. The van der Waals surface area contributed by atoms with Crippen LogP contribution in [0.1, 0.15) is 11.4 Å². The van der Waals surface area contributed by atoms with Crippen LogP contribution in [0.4, 0.5) is 18.9 Å². The Labute approximate surface area is 173 Å². The van der Waals surface area contributed by atoms with Crippen molar-refractivity contribution in [3.63, 3.8) is 0 Å². The summed E-state index contributed by atoms with van der Waals surface area (Å²) in [4.78, 5) is 32.2. The third kappa shape index (κ3) is 3.65. The van der Waals surface area contributed by atoms with Crippen LogP contribution in [0.2, 0.25) is 5.02 Å². The number of thiazole rings is 1. The Bertz CT molecular complexity index is 1170. The number of aromatic nitrogens is 2. The number of aliphatic carboxylic acids is 1. The first-order chi connectivity index (χ1) is 13.7. The number of halogens is 4. The lowest BCUT2D eigenvalue weighted by Gasteiger charge is -2.22. The van der Waals surface area contributed by atoms with Crippen molar-refractivity contribution in [2.45, 2.75) is 23.2 Å². The van der Waals surface area contributed by atoms with Gasteiger partial charge in [-0.3, -0.25) is 4.79 Å². The van der Waals surface area contributed by atoms with Gasteiger partial charge in [0.15, 0.2) is 17.4 Å². The van der Waals surface area contributed by atoms with Crippen LogP contribution in [0, 0.1) is 17.5 Å². The Morgan fingerprint density at radius 1 is 1.31 bits per heavy atom. The molecule has 1 aromatic carbocycles. The number of hydrogen-bond acceptors (Lipinski definition) is 6. The highest BCUT2D eigenvalue weighted by Crippen LogP contribution is 2.36. The summed E-state index contributed by atoms with van der Waals surface area (Å²) in [6.07, 6.45) is 0.891. The average molecular weight is 461 g/mol. The predicted octanol–water partition coefficient (Wildman–Crippen LogP) is 3.73. The minimum absolute atomic E-state index is 0.0435. The SMILES string of the molecule is O=C(O)CC1Nc2cc(Cl)cnc2[S+](Cc2nc3c(F)c(F)cc(F)c3s2)C1=O. The minimum Gasteiger partial charge on any atom is -0.481 e. The fourth-order valence-electron chi connectivity index (χ4n) is 2.90. The van der Waals surface area contributed by atoms with Crippen LogP contribution < -0.4 is 5.32 Å². The fraction of sp³-hybridized carbons (Fsp3) is 0.176. The van der Waals surface area contributed by atoms with E-state index in [4.69, 9.17) is 16.7 Å². The number of carboxylic acid groups (broad SMARTS) is 1. The molecule has 6 nitrogen and oxygen atoms in total. The smallest absolute Gasteiger partial charge is 0.361 e. The molecule has 29 heavy (non-hydrogen) atoms. The predicted molar refractivity (Wildman–Crippen MR) is 103 cm³/mol. The summed E-state index contributed by atoms with van der Waals surface area (Å²) < 4.78 is 41.3. The molecular weight excluding hydrogens is 451 g/mol. The molecule has 1 aliphatic heterocycles. The molecule has 0 spiro atoms. The lowest BCUT2D eigenvalue weighted by atomic mass is 10.2. The van der Waals surface area contributed by atoms with Crippen molar-refractivity contribution < 1.29 is 27.9 Å². The van der Waals surface area contributed by atoms with Crippen molar-refractivity contribution in [2.75, 3.05) is 5.32 Å². The maximum Gasteiger partial charge on any atom is 0.361 e. The van der Waals surface area contributed by atoms with E-state index in [2.05, 4.69) is 15.3 Å². The highest BCUT2D eigenvalue weighted by molar-refractivity contribution is 8.10. The molecule has 2 unspecified atom stereocenters. The van der Waals surface area contributed by atoms with Crippen molar-refractivity contribution in [3.05, 3.63) is 45.8 Å². The number of pyridine rings is 1. The van der Waals surface area contributed by atoms with Crippen molar-refractivity contribution in [2.24, 2.45) is 0 Å². The standard InChI is InChI=1S/C17H9ClF3N3O3S2/c18-6-1-9-16(22-4-6)29(17(27)10(23-9)3-12(25)26)5-11-24-14-13(21)7(19)2-8(20)15(14)28-11/h1-2,4,10,23H,3,5H2/p+1. The topological polar surface area (TPSA) is 92.2 Å². The molecule has 150 valence electrons. The first kappa shape index (κ1) is 19.9. The first-order valence-electron chi connectivity index (χ1n) is 8.06. The van der Waals surface area contributed by atoms with Crippen LogP contribution >= 0.6 is 22.9 Å². The van der Waals surface area contributed by atoms with E-state index in [1.807, 2.05) is 0 Å². The second-order valence-corrected chi connectivity index (χ2v) is 9.47. The van der Waals surface area contributed by atoms with Crippen LogP contribution in [0.3, 0.4) is 0 Å². The number of fused-ring (bicyclic) bond motifs is 2. The minimum atomic E-state index is -1.35. The Balaban J connectivity index is 1.76. The Hall–Kier alpha value is -2.37. The van der Waals surface area contributed by atoms with Gasteiger partial charge in [-0.2, -0.15) is 0 Å². The number of hydrogen-bond donors (Lipinski definition) is 2. The van der Waals surface area contributed by atoms with Gasteiger partial charge >= 0.3 is 11.1 Å². The molecule has 2 N–H and O–H groups in total. The first-order valence-corrected chi connectivity index (χ1v) is 10.6. The third-order valence-electron chi connectivity index (χ3n) is 4.11. The zero-order valence-corrected chi connectivity index (χ0v) is 16.6. The lowest BCUT2D eigenvalue weighted by molar-refractivity contribution is -0.138. The largest absolute Gasteiger partial charge is 0.481 e. The summed E-state index contributed by atoms with van der Waals surface area (Å²) in [5, 5.41) is 12.4. The fourth-order valence-corrected chi connectivity index (χ4v) is 6.24. The number of carbonyl (C=O) groups is 2. The van der Waals surface area contributed by atoms with Gasteiger partial charge in [0.05, 0.1) is 22.3 Å². The molecule has 2 atom stereocenters. The van der Waals surface area contributed by atoms with Gasteiger partial charge in [0.25, 0.3) is 5.03 Å². The quantitative estimate of drug-likeness (QED) is 0.455. The Kier molecular flexibility index (Phi) is 5.13. The Morgan fingerprint density at radius 3 is 2.79 bits per heavy atom. The van der Waals surface area contributed by atoms with Crippen LogP contribution in [0.15, 0.2) is 23.4 Å². The maximum atomic E-state index is 14.0. The Morgan fingerprint density at radius 2 is 2.07 bits per heavy atom. The zero-order chi connectivity index (χ0) is 20.9. The molecule has 3 heterocycles. The van der Waals surface area contributed by atoms with E-state index in [1.165, 1.54) is 12.3 Å². The van der Waals surface area contributed by atoms with E-state index in [0.29, 0.717) is 21.8 Å². The highest BCUT2D eigenvalue weighted by atomic mass is 35.5. The summed E-state index contributed by atoms with van der Waals surface area (Å²) >= 11 is 6.75. The number of nitrogens with one attached hydrogen (secondary N) is 1. The van der Waals surface area contributed by atoms with Gasteiger partial charge < -0.3 is 10.4 Å². The zero-order valence-electron chi connectivity index (χ0n) is 14.2. The maximum absolute atomic E-state index is 14.0. The molecule has 4 rings (SSSR count). The number of nitrogens with zero attached hydrogens (tertiary/aromatic N) is 2. The molecule has 2 aromatic heterocycles. The van der Waals surface area contributed by atoms with Gasteiger partial charge in [-0.15, -0.1) is 11.3 Å². The molecule has 0 radical (unpaired) electrons. The number of rotatable bonds is 4. The summed E-state index contributed by atoms with van der Waals surface area (Å²) in [6.45, 7) is 0. The molecule has 0 fully saturated rings. The van der Waals surface area contributed by atoms with Crippen LogP contribution in [-0.4, -0.2) is 32.2 Å². The van der Waals surface area contributed by atoms with Crippen molar-refractivity contribution in [3.8, 4) is 0 Å². The van der Waals surface area contributed by atoms with E-state index in [0.717, 1.165) is 11.3 Å². The summed E-state index contributed by atoms with van der Waals surface area (Å²) in [6, 6.07) is 0.960. The monoisotopic (exact) mass is 460 g/mol. The van der Waals surface area contributed by atoms with Gasteiger partial charge in [0, 0.05) is 6.07 Å². The van der Waals surface area contributed by atoms with Gasteiger partial charge in [0.2, 0.25) is 0 Å². The van der Waals surface area contributed by atoms with Gasteiger partial charge in [-0.1, -0.05) is 11.6 Å². The van der Waals surface area contributed by atoms with Crippen LogP contribution in [-0.2, 0) is 26.2 Å². The average Bonchev–Trinajstić information content (AvgIpc) is 3.07. The highest BCUT2D eigenvalue weighted by Gasteiger charge is 2.47. The van der Waals surface area contributed by atoms with Crippen molar-refractivity contribution in [1.29, 1.82) is 0 Å². The van der Waals surface area contributed by atoms with E-state index in [-0.39, 0.29) is 15.5 Å². The van der Waals surface area contributed by atoms with Crippen LogP contribution in [0.25, 0.3) is 10.2 Å². The number of carboxylic acids is 1. The van der Waals surface area contributed by atoms with E-state index in [9.17, 15) is 22.8 Å². The summed E-state index contributed by atoms with van der Waals surface area (Å²) in [5.74, 6) is -4.78. The van der Waals surface area contributed by atoms with Gasteiger partial charge in [-0.05, 0) is 6.07 Å². The second kappa shape index (κ2) is 7.47. The van der Waals surface area contributed by atoms with Gasteiger partial charge in [-0.25, -0.2) is 27.9 Å². The van der Waals surface area contributed by atoms with Crippen molar-refractivity contribution in [1.82, 2.24) is 9.97 Å². The normalized spacial score (nSPS) is 18.6. The number of benzene rings is 1. The van der Waals surface area contributed by atoms with Gasteiger partial charge in [0.1, 0.15) is 39.0 Å². The van der Waals surface area contributed by atoms with E-state index in [1.54, 1.807) is 0 Å². The third-order valence-corrected chi connectivity index (χ3v) is 7.69. The van der Waals surface area contributed by atoms with E-state index < -0.39 is 57.4 Å². The molecule has 0 amide bonds. The van der Waals surface area contributed by atoms with Crippen molar-refractivity contribution >= 4 is 60.8 Å². The second-order valence-electron chi connectivity index (χ2n) is 6.09. The lowest BCUT2D eigenvalue weighted by Crippen LogP contribution is -2.42. The molecular formula is C17H10ClF3N3O3S2+. The summed E-state index contributed by atoms with van der Waals surface area (Å²) in [5.41, 5.74) is -0.0312. The molecule has 0 bridgehead atoms.